The van der Waals surface area contributed by atoms with Crippen LogP contribution in [0.2, 0.25) is 0 Å². The molecule has 0 amide bonds. The molecule has 0 saturated heterocycles. The fourth-order valence-electron chi connectivity index (χ4n) is 1.83. The highest BCUT2D eigenvalue weighted by molar-refractivity contribution is 5.68. The fraction of sp³-hybridized carbons (Fsp3) is 0. The minimum atomic E-state index is -0.412. The van der Waals surface area contributed by atoms with Crippen LogP contribution in [-0.4, -0.2) is 25.0 Å². The predicted molar refractivity (Wildman–Crippen MR) is 69.5 cm³/mol. The van der Waals surface area contributed by atoms with Crippen molar-refractivity contribution in [2.45, 2.75) is 0 Å². The zero-order valence-corrected chi connectivity index (χ0v) is 9.79. The third-order valence-electron chi connectivity index (χ3n) is 2.69. The number of aromatic hydroxyl groups is 1. The van der Waals surface area contributed by atoms with E-state index in [1.807, 2.05) is 6.07 Å². The summed E-state index contributed by atoms with van der Waals surface area (Å²) in [4.78, 5) is 25.4. The van der Waals surface area contributed by atoms with Gasteiger partial charge in [0.05, 0.1) is 0 Å². The van der Waals surface area contributed by atoms with Crippen LogP contribution in [0.5, 0.6) is 5.88 Å². The Morgan fingerprint density at radius 3 is 2.53 bits per heavy atom. The summed E-state index contributed by atoms with van der Waals surface area (Å²) in [6.07, 6.45) is 3.15. The Hall–Kier alpha value is -2.89. The van der Waals surface area contributed by atoms with Crippen LogP contribution in [0.15, 0.2) is 47.5 Å². The molecule has 3 rings (SSSR count). The van der Waals surface area contributed by atoms with Gasteiger partial charge in [-0.2, -0.15) is 4.98 Å². The van der Waals surface area contributed by atoms with Crippen LogP contribution in [0, 0.1) is 0 Å². The second-order valence-electron chi connectivity index (χ2n) is 3.92. The molecule has 0 spiro atoms. The molecule has 2 heterocycles. The van der Waals surface area contributed by atoms with Gasteiger partial charge in [-0.15, -0.1) is 0 Å². The molecule has 0 aliphatic rings. The number of rotatable bonds is 2. The number of nitrogens with one attached hydrogen (secondary N) is 2. The van der Waals surface area contributed by atoms with E-state index < -0.39 is 5.56 Å². The zero-order chi connectivity index (χ0) is 13.2. The summed E-state index contributed by atoms with van der Waals surface area (Å²) in [5.41, 5.74) is 0.348. The molecule has 3 N–H and O–H groups in total. The highest BCUT2D eigenvalue weighted by Crippen LogP contribution is 2.24. The SMILES string of the molecule is O=c1[nH]c(-c2ncc[nH]2)nc(O)c1-c1ccccc1. The Balaban J connectivity index is 2.17. The van der Waals surface area contributed by atoms with E-state index in [0.717, 1.165) is 0 Å². The maximum Gasteiger partial charge on any atom is 0.263 e. The lowest BCUT2D eigenvalue weighted by Gasteiger charge is -2.04. The van der Waals surface area contributed by atoms with Crippen molar-refractivity contribution in [3.63, 3.8) is 0 Å². The van der Waals surface area contributed by atoms with Crippen LogP contribution < -0.4 is 5.56 Å². The van der Waals surface area contributed by atoms with Crippen molar-refractivity contribution in [2.24, 2.45) is 0 Å². The quantitative estimate of drug-likeness (QED) is 0.646. The molecule has 6 nitrogen and oxygen atoms in total. The zero-order valence-electron chi connectivity index (χ0n) is 9.79. The summed E-state index contributed by atoms with van der Waals surface area (Å²) in [6.45, 7) is 0. The average Bonchev–Trinajstić information content (AvgIpc) is 2.93. The first-order valence-corrected chi connectivity index (χ1v) is 5.64. The van der Waals surface area contributed by atoms with Gasteiger partial charge in [0.25, 0.3) is 5.56 Å². The number of imidazole rings is 1. The van der Waals surface area contributed by atoms with Gasteiger partial charge in [-0.05, 0) is 5.56 Å². The second kappa shape index (κ2) is 4.41. The number of nitrogens with zero attached hydrogens (tertiary/aromatic N) is 2. The maximum absolute atomic E-state index is 12.1. The van der Waals surface area contributed by atoms with Crippen molar-refractivity contribution < 1.29 is 5.11 Å². The Kier molecular flexibility index (Phi) is 2.60. The molecule has 94 valence electrons. The second-order valence-corrected chi connectivity index (χ2v) is 3.92. The Morgan fingerprint density at radius 1 is 1.11 bits per heavy atom. The number of benzene rings is 1. The monoisotopic (exact) mass is 254 g/mol. The van der Waals surface area contributed by atoms with E-state index in [-0.39, 0.29) is 17.3 Å². The molecule has 0 radical (unpaired) electrons. The van der Waals surface area contributed by atoms with Crippen LogP contribution in [0.25, 0.3) is 22.8 Å². The van der Waals surface area contributed by atoms with Gasteiger partial charge in [0.2, 0.25) is 5.88 Å². The molecular formula is C13H10N4O2. The first kappa shape index (κ1) is 11.2. The normalized spacial score (nSPS) is 10.5. The van der Waals surface area contributed by atoms with Gasteiger partial charge >= 0.3 is 0 Å². The largest absolute Gasteiger partial charge is 0.493 e. The van der Waals surface area contributed by atoms with Gasteiger partial charge in [-0.1, -0.05) is 30.3 Å². The van der Waals surface area contributed by atoms with Crippen molar-refractivity contribution >= 4 is 0 Å². The molecule has 0 atom stereocenters. The number of aromatic nitrogens is 4. The summed E-state index contributed by atoms with van der Waals surface area (Å²) >= 11 is 0. The first-order valence-electron chi connectivity index (χ1n) is 5.64. The molecule has 0 aliphatic heterocycles. The lowest BCUT2D eigenvalue weighted by atomic mass is 10.1. The Bertz CT molecular complexity index is 748. The van der Waals surface area contributed by atoms with Crippen LogP contribution in [0.3, 0.4) is 0 Å². The van der Waals surface area contributed by atoms with Gasteiger partial charge < -0.3 is 15.1 Å². The maximum atomic E-state index is 12.1. The number of H-pyrrole nitrogens is 2. The summed E-state index contributed by atoms with van der Waals surface area (Å²) in [5, 5.41) is 9.95. The van der Waals surface area contributed by atoms with E-state index in [1.165, 1.54) is 6.20 Å². The van der Waals surface area contributed by atoms with E-state index in [4.69, 9.17) is 0 Å². The minimum Gasteiger partial charge on any atom is -0.493 e. The molecule has 1 aromatic carbocycles. The summed E-state index contributed by atoms with van der Waals surface area (Å²) in [6, 6.07) is 8.87. The first-order chi connectivity index (χ1) is 9.25. The van der Waals surface area contributed by atoms with E-state index in [9.17, 15) is 9.90 Å². The third kappa shape index (κ3) is 1.99. The van der Waals surface area contributed by atoms with Gasteiger partial charge in [-0.25, -0.2) is 4.98 Å². The predicted octanol–water partition coefficient (Wildman–Crippen LogP) is 1.53. The van der Waals surface area contributed by atoms with Gasteiger partial charge in [0, 0.05) is 12.4 Å². The molecule has 0 fully saturated rings. The van der Waals surface area contributed by atoms with E-state index in [2.05, 4.69) is 19.9 Å². The van der Waals surface area contributed by atoms with Gasteiger partial charge in [-0.3, -0.25) is 4.79 Å². The number of hydrogen-bond donors (Lipinski definition) is 3. The minimum absolute atomic E-state index is 0.149. The third-order valence-corrected chi connectivity index (χ3v) is 2.69. The molecule has 0 unspecified atom stereocenters. The van der Waals surface area contributed by atoms with Crippen molar-refractivity contribution in [3.8, 4) is 28.7 Å². The smallest absolute Gasteiger partial charge is 0.263 e. The van der Waals surface area contributed by atoms with Gasteiger partial charge in [0.15, 0.2) is 11.6 Å². The van der Waals surface area contributed by atoms with Crippen molar-refractivity contribution in [2.75, 3.05) is 0 Å². The van der Waals surface area contributed by atoms with E-state index >= 15 is 0 Å². The molecule has 0 saturated carbocycles. The van der Waals surface area contributed by atoms with Crippen molar-refractivity contribution in [1.82, 2.24) is 19.9 Å². The number of aromatic amines is 2. The Labute approximate surface area is 107 Å². The highest BCUT2D eigenvalue weighted by atomic mass is 16.3. The molecule has 19 heavy (non-hydrogen) atoms. The van der Waals surface area contributed by atoms with E-state index in [1.54, 1.807) is 30.5 Å². The fourth-order valence-corrected chi connectivity index (χ4v) is 1.83. The standard InChI is InChI=1S/C13H10N4O2/c18-12-9(8-4-2-1-3-5-8)13(19)17-11(16-12)10-14-6-7-15-10/h1-7H,(H,14,15)(H2,16,17,18,19). The molecule has 6 heteroatoms. The molecular weight excluding hydrogens is 244 g/mol. The molecule has 3 aromatic rings. The van der Waals surface area contributed by atoms with Crippen LogP contribution in [-0.2, 0) is 0 Å². The lowest BCUT2D eigenvalue weighted by molar-refractivity contribution is 0.454. The number of hydrogen-bond acceptors (Lipinski definition) is 4. The summed E-state index contributed by atoms with van der Waals surface area (Å²) in [5.74, 6) is 0.278. The van der Waals surface area contributed by atoms with Crippen molar-refractivity contribution in [3.05, 3.63) is 53.1 Å². The summed E-state index contributed by atoms with van der Waals surface area (Å²) < 4.78 is 0. The van der Waals surface area contributed by atoms with Crippen LogP contribution >= 0.6 is 0 Å². The Morgan fingerprint density at radius 2 is 1.89 bits per heavy atom. The average molecular weight is 254 g/mol. The van der Waals surface area contributed by atoms with Crippen LogP contribution in [0.4, 0.5) is 0 Å². The lowest BCUT2D eigenvalue weighted by Crippen LogP contribution is -2.12. The molecule has 0 aliphatic carbocycles. The van der Waals surface area contributed by atoms with Gasteiger partial charge in [0.1, 0.15) is 5.56 Å². The molecule has 0 bridgehead atoms. The van der Waals surface area contributed by atoms with E-state index in [0.29, 0.717) is 11.4 Å². The van der Waals surface area contributed by atoms with Crippen LogP contribution in [0.1, 0.15) is 0 Å². The van der Waals surface area contributed by atoms with Crippen molar-refractivity contribution in [1.29, 1.82) is 0 Å². The molecule has 2 aromatic heterocycles. The summed E-state index contributed by atoms with van der Waals surface area (Å²) in [7, 11) is 0. The highest BCUT2D eigenvalue weighted by Gasteiger charge is 2.14. The topological polar surface area (TPSA) is 94.7 Å².